The third-order valence-corrected chi connectivity index (χ3v) is 5.83. The molecule has 2 aromatic rings. The summed E-state index contributed by atoms with van der Waals surface area (Å²) in [5, 5.41) is 12.2. The molecule has 0 heterocycles. The van der Waals surface area contributed by atoms with Crippen LogP contribution in [0.3, 0.4) is 0 Å². The fourth-order valence-electron chi connectivity index (χ4n) is 4.01. The Morgan fingerprint density at radius 1 is 1.10 bits per heavy atom. The van der Waals surface area contributed by atoms with Gasteiger partial charge in [-0.1, -0.05) is 62.4 Å². The van der Waals surface area contributed by atoms with Gasteiger partial charge in [-0.3, -0.25) is 0 Å². The van der Waals surface area contributed by atoms with Crippen LogP contribution in [-0.2, 0) is 14.3 Å². The lowest BCUT2D eigenvalue weighted by molar-refractivity contribution is -0.144. The topological polar surface area (TPSA) is 84.9 Å². The molecule has 2 N–H and O–H groups in total. The molecule has 0 fully saturated rings. The molecule has 2 aromatic carbocycles. The van der Waals surface area contributed by atoms with E-state index in [0.29, 0.717) is 6.42 Å². The molecule has 0 spiro atoms. The van der Waals surface area contributed by atoms with E-state index >= 15 is 0 Å². The molecule has 0 aromatic heterocycles. The average Bonchev–Trinajstić information content (AvgIpc) is 3.04. The molecule has 6 nitrogen and oxygen atoms in total. The quantitative estimate of drug-likeness (QED) is 0.702. The van der Waals surface area contributed by atoms with Crippen molar-refractivity contribution in [3.05, 3.63) is 59.7 Å². The molecule has 154 valence electrons. The Bertz CT molecular complexity index is 851. The number of carboxylic acids is 1. The van der Waals surface area contributed by atoms with Gasteiger partial charge in [0, 0.05) is 18.4 Å². The van der Waals surface area contributed by atoms with Gasteiger partial charge in [0.1, 0.15) is 12.6 Å². The predicted octanol–water partition coefficient (Wildman–Crippen LogP) is 4.04. The van der Waals surface area contributed by atoms with Gasteiger partial charge in [0.25, 0.3) is 0 Å². The Hall–Kier alpha value is -2.86. The number of benzene rings is 2. The molecule has 3 rings (SSSR count). The van der Waals surface area contributed by atoms with Crippen LogP contribution in [0.4, 0.5) is 4.79 Å². The van der Waals surface area contributed by atoms with Gasteiger partial charge in [-0.05, 0) is 28.7 Å². The van der Waals surface area contributed by atoms with Gasteiger partial charge in [-0.25, -0.2) is 9.59 Å². The van der Waals surface area contributed by atoms with E-state index < -0.39 is 23.5 Å². The zero-order valence-electron chi connectivity index (χ0n) is 17.0. The van der Waals surface area contributed by atoms with Gasteiger partial charge in [-0.15, -0.1) is 0 Å². The molecule has 0 saturated heterocycles. The Labute approximate surface area is 170 Å². The summed E-state index contributed by atoms with van der Waals surface area (Å²) in [4.78, 5) is 24.2. The van der Waals surface area contributed by atoms with Crippen molar-refractivity contribution in [2.45, 2.75) is 32.2 Å². The van der Waals surface area contributed by atoms with Crippen LogP contribution >= 0.6 is 0 Å². The van der Waals surface area contributed by atoms with Crippen LogP contribution in [0.15, 0.2) is 48.5 Å². The molecular formula is C23H27NO5. The number of amides is 1. The third kappa shape index (κ3) is 4.12. The largest absolute Gasteiger partial charge is 0.480 e. The molecule has 6 heteroatoms. The number of fused-ring (bicyclic) bond motifs is 3. The highest BCUT2D eigenvalue weighted by molar-refractivity contribution is 5.81. The molecule has 29 heavy (non-hydrogen) atoms. The van der Waals surface area contributed by atoms with Crippen LogP contribution in [0.25, 0.3) is 11.1 Å². The number of methoxy groups -OCH3 is 1. The maximum Gasteiger partial charge on any atom is 0.407 e. The maximum absolute atomic E-state index is 12.5. The highest BCUT2D eigenvalue weighted by atomic mass is 16.5. The zero-order valence-corrected chi connectivity index (χ0v) is 17.0. The van der Waals surface area contributed by atoms with Crippen LogP contribution in [0.2, 0.25) is 0 Å². The smallest absolute Gasteiger partial charge is 0.407 e. The summed E-state index contributed by atoms with van der Waals surface area (Å²) in [5.74, 6) is -1.19. The van der Waals surface area contributed by atoms with Crippen LogP contribution in [0, 0.1) is 5.41 Å². The first-order valence-electron chi connectivity index (χ1n) is 9.74. The second kappa shape index (κ2) is 8.66. The van der Waals surface area contributed by atoms with Crippen molar-refractivity contribution >= 4 is 12.1 Å². The lowest BCUT2D eigenvalue weighted by Gasteiger charge is -2.33. The van der Waals surface area contributed by atoms with Gasteiger partial charge in [0.05, 0.1) is 6.61 Å². The summed E-state index contributed by atoms with van der Waals surface area (Å²) in [6, 6.07) is 15.0. The van der Waals surface area contributed by atoms with Gasteiger partial charge in [0.15, 0.2) is 0 Å². The normalized spacial score (nSPS) is 15.7. The highest BCUT2D eigenvalue weighted by Crippen LogP contribution is 2.44. The van der Waals surface area contributed by atoms with Gasteiger partial charge >= 0.3 is 12.1 Å². The Balaban J connectivity index is 1.73. The van der Waals surface area contributed by atoms with Crippen molar-refractivity contribution in [3.63, 3.8) is 0 Å². The lowest BCUT2D eigenvalue weighted by atomic mass is 9.80. The van der Waals surface area contributed by atoms with E-state index in [9.17, 15) is 14.7 Å². The molecule has 1 amide bonds. The Kier molecular flexibility index (Phi) is 6.23. The molecular weight excluding hydrogens is 370 g/mol. The molecule has 0 saturated carbocycles. The number of hydrogen-bond donors (Lipinski definition) is 2. The van der Waals surface area contributed by atoms with Gasteiger partial charge in [0.2, 0.25) is 0 Å². The SMILES string of the molecule is CC[C@@](C)(COC)[C@@H](NC(=O)OCC1c2ccccc2-c2ccccc21)C(=O)O. The van der Waals surface area contributed by atoms with Crippen molar-refractivity contribution in [2.24, 2.45) is 5.41 Å². The second-order valence-electron chi connectivity index (χ2n) is 7.68. The van der Waals surface area contributed by atoms with Gasteiger partial charge in [-0.2, -0.15) is 0 Å². The maximum atomic E-state index is 12.5. The number of ether oxygens (including phenoxy) is 2. The first-order valence-corrected chi connectivity index (χ1v) is 9.74. The number of nitrogens with one attached hydrogen (secondary N) is 1. The minimum atomic E-state index is -1.11. The first kappa shape index (κ1) is 20.9. The zero-order chi connectivity index (χ0) is 21.0. The van der Waals surface area contributed by atoms with Crippen LogP contribution < -0.4 is 5.32 Å². The van der Waals surface area contributed by atoms with E-state index in [1.54, 1.807) is 6.92 Å². The van der Waals surface area contributed by atoms with Crippen molar-refractivity contribution in [3.8, 4) is 11.1 Å². The van der Waals surface area contributed by atoms with Crippen molar-refractivity contribution in [1.82, 2.24) is 5.32 Å². The number of aliphatic carboxylic acids is 1. The monoisotopic (exact) mass is 397 g/mol. The van der Waals surface area contributed by atoms with E-state index in [1.807, 2.05) is 43.3 Å². The van der Waals surface area contributed by atoms with Crippen molar-refractivity contribution < 1.29 is 24.2 Å². The fraction of sp³-hybridized carbons (Fsp3) is 0.391. The number of hydrogen-bond acceptors (Lipinski definition) is 4. The highest BCUT2D eigenvalue weighted by Gasteiger charge is 2.40. The average molecular weight is 397 g/mol. The van der Waals surface area contributed by atoms with E-state index in [0.717, 1.165) is 22.3 Å². The number of rotatable bonds is 8. The summed E-state index contributed by atoms with van der Waals surface area (Å²) >= 11 is 0. The lowest BCUT2D eigenvalue weighted by Crippen LogP contribution is -2.53. The molecule has 0 radical (unpaired) electrons. The summed E-state index contributed by atoms with van der Waals surface area (Å²) in [6.45, 7) is 4.00. The van der Waals surface area contributed by atoms with E-state index in [1.165, 1.54) is 7.11 Å². The summed E-state index contributed by atoms with van der Waals surface area (Å²) < 4.78 is 10.7. The fourth-order valence-corrected chi connectivity index (χ4v) is 4.01. The standard InChI is InChI=1S/C23H27NO5/c1-4-23(2,14-28-3)20(21(25)26)24-22(27)29-13-19-17-11-7-5-9-15(17)16-10-6-8-12-18(16)19/h5-12,19-20H,4,13-14H2,1-3H3,(H,24,27)(H,25,26)/t20-,23-/m0/s1. The second-order valence-corrected chi connectivity index (χ2v) is 7.68. The van der Waals surface area contributed by atoms with Crippen molar-refractivity contribution in [2.75, 3.05) is 20.3 Å². The number of alkyl carbamates (subject to hydrolysis) is 1. The minimum absolute atomic E-state index is 0.0760. The van der Waals surface area contributed by atoms with Crippen molar-refractivity contribution in [1.29, 1.82) is 0 Å². The number of carbonyl (C=O) groups excluding carboxylic acids is 1. The summed E-state index contributed by atoms with van der Waals surface area (Å²) in [5.41, 5.74) is 3.74. The third-order valence-electron chi connectivity index (χ3n) is 5.83. The molecule has 0 bridgehead atoms. The summed E-state index contributed by atoms with van der Waals surface area (Å²) in [6.07, 6.45) is -0.211. The number of carboxylic acid groups (broad SMARTS) is 1. The van der Waals surface area contributed by atoms with Crippen LogP contribution in [0.5, 0.6) is 0 Å². The Morgan fingerprint density at radius 3 is 2.14 bits per heavy atom. The number of carbonyl (C=O) groups is 2. The Morgan fingerprint density at radius 2 is 1.66 bits per heavy atom. The molecule has 0 unspecified atom stereocenters. The molecule has 1 aliphatic rings. The molecule has 2 atom stereocenters. The summed E-state index contributed by atoms with van der Waals surface area (Å²) in [7, 11) is 1.51. The van der Waals surface area contributed by atoms with Gasteiger partial charge < -0.3 is 19.9 Å². The minimum Gasteiger partial charge on any atom is -0.480 e. The molecule has 1 aliphatic carbocycles. The van der Waals surface area contributed by atoms with Crippen LogP contribution in [0.1, 0.15) is 37.3 Å². The van der Waals surface area contributed by atoms with Crippen LogP contribution in [-0.4, -0.2) is 43.5 Å². The van der Waals surface area contributed by atoms with E-state index in [4.69, 9.17) is 9.47 Å². The predicted molar refractivity (Wildman–Crippen MR) is 110 cm³/mol. The molecule has 0 aliphatic heterocycles. The van der Waals surface area contributed by atoms with E-state index in [-0.39, 0.29) is 19.1 Å². The first-order chi connectivity index (χ1) is 13.9. The van der Waals surface area contributed by atoms with E-state index in [2.05, 4.69) is 17.4 Å².